The lowest BCUT2D eigenvalue weighted by Crippen LogP contribution is -2.38. The SMILES string of the molecule is O=C1[C@@H]2[C@@H](C(=O)N1/N=C\c1ccccc1OCc1ccc(Cl)cc1)[C@H]1C=C[C@H]2CC1. The van der Waals surface area contributed by atoms with Crippen LogP contribution < -0.4 is 4.74 Å². The van der Waals surface area contributed by atoms with Crippen LogP contribution in [-0.4, -0.2) is 23.0 Å². The molecule has 0 N–H and O–H groups in total. The summed E-state index contributed by atoms with van der Waals surface area (Å²) in [6, 6.07) is 14.9. The summed E-state index contributed by atoms with van der Waals surface area (Å²) in [7, 11) is 0. The number of para-hydroxylation sites is 1. The zero-order chi connectivity index (χ0) is 20.7. The van der Waals surface area contributed by atoms with E-state index < -0.39 is 0 Å². The second kappa shape index (κ2) is 7.73. The van der Waals surface area contributed by atoms with Gasteiger partial charge in [-0.1, -0.05) is 48.0 Å². The lowest BCUT2D eigenvalue weighted by molar-refractivity contribution is -0.140. The molecule has 4 aliphatic rings. The van der Waals surface area contributed by atoms with Crippen molar-refractivity contribution in [3.05, 3.63) is 76.8 Å². The first-order valence-corrected chi connectivity index (χ1v) is 10.6. The van der Waals surface area contributed by atoms with Crippen molar-refractivity contribution in [2.75, 3.05) is 0 Å². The van der Waals surface area contributed by atoms with Crippen molar-refractivity contribution in [2.45, 2.75) is 19.4 Å². The molecule has 2 amide bonds. The zero-order valence-corrected chi connectivity index (χ0v) is 17.0. The third-order valence-corrected chi connectivity index (χ3v) is 6.53. The molecular weight excluding hydrogens is 400 g/mol. The number of rotatable bonds is 5. The van der Waals surface area contributed by atoms with Gasteiger partial charge < -0.3 is 4.74 Å². The molecule has 1 saturated carbocycles. The van der Waals surface area contributed by atoms with Crippen LogP contribution in [0.4, 0.5) is 0 Å². The summed E-state index contributed by atoms with van der Waals surface area (Å²) >= 11 is 5.93. The molecule has 2 aromatic rings. The standard InChI is InChI=1S/C24H21ClN2O3/c25-19-11-5-15(6-12-19)14-30-20-4-2-1-3-18(20)13-26-27-23(28)21-16-7-8-17(10-9-16)22(21)24(27)29/h1-8,11-13,16-17,21-22H,9-10,14H2/b26-13-/t16-,17-,21-,22-/m0/s1. The molecule has 0 aromatic heterocycles. The molecule has 3 aliphatic carbocycles. The fourth-order valence-electron chi connectivity index (χ4n) is 4.75. The molecule has 1 heterocycles. The van der Waals surface area contributed by atoms with Crippen LogP contribution in [0.1, 0.15) is 24.0 Å². The zero-order valence-electron chi connectivity index (χ0n) is 16.3. The lowest BCUT2D eigenvalue weighted by Gasteiger charge is -2.37. The van der Waals surface area contributed by atoms with Crippen molar-refractivity contribution in [3.8, 4) is 5.75 Å². The smallest absolute Gasteiger partial charge is 0.254 e. The molecule has 0 unspecified atom stereocenters. The molecule has 152 valence electrons. The number of allylic oxidation sites excluding steroid dienone is 2. The second-order valence-corrected chi connectivity index (χ2v) is 8.46. The number of carbonyl (C=O) groups is 2. The Balaban J connectivity index is 1.33. The van der Waals surface area contributed by atoms with Gasteiger partial charge in [-0.3, -0.25) is 9.59 Å². The molecule has 5 nitrogen and oxygen atoms in total. The summed E-state index contributed by atoms with van der Waals surface area (Å²) < 4.78 is 5.94. The minimum Gasteiger partial charge on any atom is -0.488 e. The summed E-state index contributed by atoms with van der Waals surface area (Å²) in [5.41, 5.74) is 1.70. The number of hydrogen-bond acceptors (Lipinski definition) is 4. The Morgan fingerprint density at radius 3 is 2.23 bits per heavy atom. The van der Waals surface area contributed by atoms with Gasteiger partial charge in [-0.15, -0.1) is 0 Å². The predicted octanol–water partition coefficient (Wildman–Crippen LogP) is 4.45. The fraction of sp³-hybridized carbons (Fsp3) is 0.292. The Morgan fingerprint density at radius 2 is 1.60 bits per heavy atom. The van der Waals surface area contributed by atoms with Gasteiger partial charge in [0, 0.05) is 10.6 Å². The van der Waals surface area contributed by atoms with Crippen molar-refractivity contribution in [3.63, 3.8) is 0 Å². The minimum atomic E-state index is -0.255. The Kier molecular flexibility index (Phi) is 4.91. The summed E-state index contributed by atoms with van der Waals surface area (Å²) in [4.78, 5) is 25.8. The molecule has 1 saturated heterocycles. The number of amides is 2. The summed E-state index contributed by atoms with van der Waals surface area (Å²) in [5.74, 6) is 0.0806. The average Bonchev–Trinajstić information content (AvgIpc) is 3.05. The van der Waals surface area contributed by atoms with E-state index in [0.717, 1.165) is 23.4 Å². The van der Waals surface area contributed by atoms with Gasteiger partial charge in [0.2, 0.25) is 0 Å². The third kappa shape index (κ3) is 3.33. The van der Waals surface area contributed by atoms with Crippen molar-refractivity contribution in [1.82, 2.24) is 5.01 Å². The van der Waals surface area contributed by atoms with Crippen molar-refractivity contribution in [1.29, 1.82) is 0 Å². The van der Waals surface area contributed by atoms with Crippen LogP contribution in [-0.2, 0) is 16.2 Å². The van der Waals surface area contributed by atoms with Gasteiger partial charge in [-0.25, -0.2) is 0 Å². The van der Waals surface area contributed by atoms with Gasteiger partial charge in [-0.2, -0.15) is 10.1 Å². The van der Waals surface area contributed by atoms with Crippen molar-refractivity contribution >= 4 is 29.6 Å². The van der Waals surface area contributed by atoms with Gasteiger partial charge >= 0.3 is 0 Å². The van der Waals surface area contributed by atoms with Gasteiger partial charge in [0.05, 0.1) is 18.1 Å². The van der Waals surface area contributed by atoms with Crippen LogP contribution in [0.5, 0.6) is 5.75 Å². The van der Waals surface area contributed by atoms with Crippen LogP contribution >= 0.6 is 11.6 Å². The molecule has 0 spiro atoms. The summed E-state index contributed by atoms with van der Waals surface area (Å²) in [6.45, 7) is 0.378. The van der Waals surface area contributed by atoms with Crippen LogP contribution in [0.3, 0.4) is 0 Å². The Morgan fingerprint density at radius 1 is 0.967 bits per heavy atom. The minimum absolute atomic E-state index is 0.159. The topological polar surface area (TPSA) is 59.0 Å². The Hall–Kier alpha value is -2.92. The highest BCUT2D eigenvalue weighted by molar-refractivity contribution is 6.30. The molecule has 6 heteroatoms. The van der Waals surface area contributed by atoms with E-state index in [1.807, 2.05) is 48.5 Å². The van der Waals surface area contributed by atoms with Gasteiger partial charge in [0.15, 0.2) is 0 Å². The number of hydrogen-bond donors (Lipinski definition) is 0. The molecule has 30 heavy (non-hydrogen) atoms. The number of nitrogens with zero attached hydrogens (tertiary/aromatic N) is 2. The van der Waals surface area contributed by atoms with Crippen molar-refractivity contribution < 1.29 is 14.3 Å². The first kappa shape index (κ1) is 19.1. The molecule has 1 aliphatic heterocycles. The van der Waals surface area contributed by atoms with Crippen LogP contribution in [0.2, 0.25) is 5.02 Å². The van der Waals surface area contributed by atoms with E-state index in [0.29, 0.717) is 22.9 Å². The third-order valence-electron chi connectivity index (χ3n) is 6.27. The second-order valence-electron chi connectivity index (χ2n) is 8.03. The highest BCUT2D eigenvalue weighted by atomic mass is 35.5. The number of fused-ring (bicyclic) bond motifs is 1. The maximum Gasteiger partial charge on any atom is 0.254 e. The van der Waals surface area contributed by atoms with Gasteiger partial charge in [-0.05, 0) is 54.5 Å². The highest BCUT2D eigenvalue weighted by Gasteiger charge is 2.56. The van der Waals surface area contributed by atoms with E-state index in [2.05, 4.69) is 17.3 Å². The quantitative estimate of drug-likeness (QED) is 0.408. The van der Waals surface area contributed by atoms with Crippen LogP contribution in [0.25, 0.3) is 0 Å². The van der Waals surface area contributed by atoms with Gasteiger partial charge in [0.1, 0.15) is 12.4 Å². The monoisotopic (exact) mass is 420 g/mol. The molecule has 2 aromatic carbocycles. The largest absolute Gasteiger partial charge is 0.488 e. The molecule has 4 atom stereocenters. The number of imide groups is 1. The van der Waals surface area contributed by atoms with E-state index in [1.165, 1.54) is 0 Å². The van der Waals surface area contributed by atoms with E-state index in [-0.39, 0.29) is 35.5 Å². The molecule has 2 bridgehead atoms. The Labute approximate surface area is 180 Å². The molecular formula is C24H21ClN2O3. The van der Waals surface area contributed by atoms with E-state index in [9.17, 15) is 9.59 Å². The maximum atomic E-state index is 12.9. The van der Waals surface area contributed by atoms with E-state index in [1.54, 1.807) is 6.21 Å². The summed E-state index contributed by atoms with van der Waals surface area (Å²) in [5, 5.41) is 6.04. The maximum absolute atomic E-state index is 12.9. The average molecular weight is 421 g/mol. The fourth-order valence-corrected chi connectivity index (χ4v) is 4.88. The normalized spacial score (nSPS) is 27.2. The Bertz CT molecular complexity index is 1010. The summed E-state index contributed by atoms with van der Waals surface area (Å²) in [6.07, 6.45) is 7.70. The van der Waals surface area contributed by atoms with Crippen molar-refractivity contribution in [2.24, 2.45) is 28.8 Å². The lowest BCUT2D eigenvalue weighted by atomic mass is 9.63. The molecule has 2 fully saturated rings. The molecule has 6 rings (SSSR count). The van der Waals surface area contributed by atoms with E-state index >= 15 is 0 Å². The number of ether oxygens (including phenoxy) is 1. The first-order chi connectivity index (χ1) is 14.6. The number of carbonyl (C=O) groups excluding carboxylic acids is 2. The van der Waals surface area contributed by atoms with E-state index in [4.69, 9.17) is 16.3 Å². The van der Waals surface area contributed by atoms with Crippen LogP contribution in [0, 0.1) is 23.7 Å². The number of halogens is 1. The first-order valence-electron chi connectivity index (χ1n) is 10.2. The van der Waals surface area contributed by atoms with Gasteiger partial charge in [0.25, 0.3) is 11.8 Å². The highest BCUT2D eigenvalue weighted by Crippen LogP contribution is 2.49. The molecule has 0 radical (unpaired) electrons. The predicted molar refractivity (Wildman–Crippen MR) is 114 cm³/mol. The number of benzene rings is 2. The number of hydrazone groups is 1. The van der Waals surface area contributed by atoms with Crippen LogP contribution in [0.15, 0.2) is 65.8 Å².